The molecule has 0 radical (unpaired) electrons. The first-order valence-corrected chi connectivity index (χ1v) is 5.50. The minimum Gasteiger partial charge on any atom is -0.476 e. The highest BCUT2D eigenvalue weighted by molar-refractivity contribution is 5.08. The van der Waals surface area contributed by atoms with Crippen LogP contribution in [0, 0.1) is 0 Å². The lowest BCUT2D eigenvalue weighted by Crippen LogP contribution is -2.22. The SMILES string of the molecule is C=CCCOc1cncc(CNC(C)C)n1. The molecule has 4 heteroatoms. The van der Waals surface area contributed by atoms with Crippen LogP contribution in [-0.4, -0.2) is 22.6 Å². The van der Waals surface area contributed by atoms with Gasteiger partial charge in [-0.15, -0.1) is 6.58 Å². The third kappa shape index (κ3) is 4.89. The van der Waals surface area contributed by atoms with Crippen molar-refractivity contribution < 1.29 is 4.74 Å². The first-order chi connectivity index (χ1) is 7.72. The topological polar surface area (TPSA) is 47.0 Å². The van der Waals surface area contributed by atoms with Gasteiger partial charge in [-0.25, -0.2) is 4.98 Å². The van der Waals surface area contributed by atoms with Gasteiger partial charge < -0.3 is 10.1 Å². The zero-order valence-electron chi connectivity index (χ0n) is 9.94. The lowest BCUT2D eigenvalue weighted by atomic mass is 10.3. The van der Waals surface area contributed by atoms with Crippen LogP contribution in [0.5, 0.6) is 5.88 Å². The van der Waals surface area contributed by atoms with Crippen molar-refractivity contribution in [3.63, 3.8) is 0 Å². The second-order valence-corrected chi connectivity index (χ2v) is 3.81. The van der Waals surface area contributed by atoms with E-state index in [0.29, 0.717) is 25.1 Å². The van der Waals surface area contributed by atoms with Gasteiger partial charge in [0.25, 0.3) is 0 Å². The van der Waals surface area contributed by atoms with Crippen LogP contribution in [0.4, 0.5) is 0 Å². The summed E-state index contributed by atoms with van der Waals surface area (Å²) in [6.07, 6.45) is 6.01. The van der Waals surface area contributed by atoms with Gasteiger partial charge in [0.2, 0.25) is 5.88 Å². The summed E-state index contributed by atoms with van der Waals surface area (Å²) >= 11 is 0. The molecule has 88 valence electrons. The molecule has 0 aromatic carbocycles. The van der Waals surface area contributed by atoms with Gasteiger partial charge in [0, 0.05) is 18.8 Å². The van der Waals surface area contributed by atoms with E-state index in [1.807, 2.05) is 6.08 Å². The zero-order chi connectivity index (χ0) is 11.8. The highest BCUT2D eigenvalue weighted by Gasteiger charge is 2.00. The van der Waals surface area contributed by atoms with Crippen LogP contribution in [0.3, 0.4) is 0 Å². The number of hydrogen-bond donors (Lipinski definition) is 1. The zero-order valence-corrected chi connectivity index (χ0v) is 9.94. The second-order valence-electron chi connectivity index (χ2n) is 3.81. The maximum atomic E-state index is 5.42. The molecule has 4 nitrogen and oxygen atoms in total. The highest BCUT2D eigenvalue weighted by atomic mass is 16.5. The van der Waals surface area contributed by atoms with Crippen LogP contribution in [0.2, 0.25) is 0 Å². The smallest absolute Gasteiger partial charge is 0.232 e. The molecule has 0 atom stereocenters. The van der Waals surface area contributed by atoms with E-state index in [4.69, 9.17) is 4.74 Å². The summed E-state index contributed by atoms with van der Waals surface area (Å²) in [6, 6.07) is 0.437. The molecule has 1 aromatic rings. The van der Waals surface area contributed by atoms with E-state index in [-0.39, 0.29) is 0 Å². The Morgan fingerprint density at radius 3 is 3.00 bits per heavy atom. The van der Waals surface area contributed by atoms with Crippen molar-refractivity contribution in [3.8, 4) is 5.88 Å². The summed E-state index contributed by atoms with van der Waals surface area (Å²) in [6.45, 7) is 9.13. The van der Waals surface area contributed by atoms with Crippen LogP contribution >= 0.6 is 0 Å². The fourth-order valence-corrected chi connectivity index (χ4v) is 1.10. The normalized spacial score (nSPS) is 10.4. The minimum absolute atomic E-state index is 0.437. The quantitative estimate of drug-likeness (QED) is 0.564. The van der Waals surface area contributed by atoms with Gasteiger partial charge in [-0.1, -0.05) is 19.9 Å². The Morgan fingerprint density at radius 1 is 1.50 bits per heavy atom. The average Bonchev–Trinajstić information content (AvgIpc) is 2.27. The molecule has 1 heterocycles. The standard InChI is InChI=1S/C12H19N3O/c1-4-5-6-16-12-9-13-7-11(15-12)8-14-10(2)3/h4,7,9-10,14H,1,5-6,8H2,2-3H3. The van der Waals surface area contributed by atoms with Crippen molar-refractivity contribution >= 4 is 0 Å². The third-order valence-electron chi connectivity index (χ3n) is 1.93. The molecule has 0 aliphatic heterocycles. The molecule has 0 saturated carbocycles. The van der Waals surface area contributed by atoms with E-state index < -0.39 is 0 Å². The molecule has 0 aliphatic rings. The Kier molecular flexibility index (Phi) is 5.50. The summed E-state index contributed by atoms with van der Waals surface area (Å²) < 4.78 is 5.42. The summed E-state index contributed by atoms with van der Waals surface area (Å²) in [5.74, 6) is 0.574. The Bertz CT molecular complexity index is 326. The molecule has 16 heavy (non-hydrogen) atoms. The summed E-state index contributed by atoms with van der Waals surface area (Å²) in [5.41, 5.74) is 0.893. The van der Waals surface area contributed by atoms with Gasteiger partial charge >= 0.3 is 0 Å². The number of rotatable bonds is 7. The molecule has 0 saturated heterocycles. The van der Waals surface area contributed by atoms with Crippen molar-refractivity contribution in [3.05, 3.63) is 30.7 Å². The largest absolute Gasteiger partial charge is 0.476 e. The van der Waals surface area contributed by atoms with E-state index in [1.165, 1.54) is 0 Å². The monoisotopic (exact) mass is 221 g/mol. The van der Waals surface area contributed by atoms with E-state index in [1.54, 1.807) is 12.4 Å². The van der Waals surface area contributed by atoms with Crippen LogP contribution in [0.15, 0.2) is 25.0 Å². The summed E-state index contributed by atoms with van der Waals surface area (Å²) in [5, 5.41) is 3.28. The highest BCUT2D eigenvalue weighted by Crippen LogP contribution is 2.05. The Morgan fingerprint density at radius 2 is 2.31 bits per heavy atom. The number of hydrogen-bond acceptors (Lipinski definition) is 4. The van der Waals surface area contributed by atoms with Crippen molar-refractivity contribution in [1.29, 1.82) is 0 Å². The number of nitrogens with one attached hydrogen (secondary N) is 1. The van der Waals surface area contributed by atoms with Crippen molar-refractivity contribution in [2.75, 3.05) is 6.61 Å². The molecule has 0 amide bonds. The van der Waals surface area contributed by atoms with E-state index >= 15 is 0 Å². The van der Waals surface area contributed by atoms with E-state index in [0.717, 1.165) is 12.1 Å². The lowest BCUT2D eigenvalue weighted by Gasteiger charge is -2.08. The van der Waals surface area contributed by atoms with Crippen molar-refractivity contribution in [1.82, 2.24) is 15.3 Å². The average molecular weight is 221 g/mol. The van der Waals surface area contributed by atoms with Crippen LogP contribution < -0.4 is 10.1 Å². The van der Waals surface area contributed by atoms with Crippen LogP contribution in [-0.2, 0) is 6.54 Å². The maximum Gasteiger partial charge on any atom is 0.232 e. The fraction of sp³-hybridized carbons (Fsp3) is 0.500. The molecule has 0 spiro atoms. The van der Waals surface area contributed by atoms with Gasteiger partial charge in [-0.2, -0.15) is 0 Å². The van der Waals surface area contributed by atoms with Gasteiger partial charge in [-0.05, 0) is 6.42 Å². The van der Waals surface area contributed by atoms with Gasteiger partial charge in [0.15, 0.2) is 0 Å². The van der Waals surface area contributed by atoms with Crippen molar-refractivity contribution in [2.24, 2.45) is 0 Å². The van der Waals surface area contributed by atoms with E-state index in [2.05, 4.69) is 35.7 Å². The third-order valence-corrected chi connectivity index (χ3v) is 1.93. The number of nitrogens with zero attached hydrogens (tertiary/aromatic N) is 2. The molecule has 1 rings (SSSR count). The molecule has 1 aromatic heterocycles. The molecule has 0 bridgehead atoms. The lowest BCUT2D eigenvalue weighted by molar-refractivity contribution is 0.309. The predicted octanol–water partition coefficient (Wildman–Crippen LogP) is 1.93. The molecule has 1 N–H and O–H groups in total. The Labute approximate surface area is 96.8 Å². The molecule has 0 fully saturated rings. The maximum absolute atomic E-state index is 5.42. The first-order valence-electron chi connectivity index (χ1n) is 5.50. The summed E-state index contributed by atoms with van der Waals surface area (Å²) in [7, 11) is 0. The summed E-state index contributed by atoms with van der Waals surface area (Å²) in [4.78, 5) is 8.42. The Balaban J connectivity index is 2.46. The molecular formula is C12H19N3O. The number of aromatic nitrogens is 2. The van der Waals surface area contributed by atoms with Gasteiger partial charge in [-0.3, -0.25) is 4.98 Å². The van der Waals surface area contributed by atoms with Gasteiger partial charge in [0.1, 0.15) is 0 Å². The molecular weight excluding hydrogens is 202 g/mol. The molecule has 0 unspecified atom stereocenters. The Hall–Kier alpha value is -1.42. The predicted molar refractivity (Wildman–Crippen MR) is 64.3 cm³/mol. The molecule has 0 aliphatic carbocycles. The fourth-order valence-electron chi connectivity index (χ4n) is 1.10. The van der Waals surface area contributed by atoms with Crippen LogP contribution in [0.25, 0.3) is 0 Å². The van der Waals surface area contributed by atoms with Gasteiger partial charge in [0.05, 0.1) is 18.5 Å². The van der Waals surface area contributed by atoms with Crippen molar-refractivity contribution in [2.45, 2.75) is 32.9 Å². The number of ether oxygens (including phenoxy) is 1. The van der Waals surface area contributed by atoms with E-state index in [9.17, 15) is 0 Å². The first kappa shape index (κ1) is 12.6. The van der Waals surface area contributed by atoms with Crippen LogP contribution in [0.1, 0.15) is 26.0 Å². The minimum atomic E-state index is 0.437. The second kappa shape index (κ2) is 6.95.